The molecule has 0 bridgehead atoms. The number of carbonyl (C=O) groups is 1. The second-order valence-corrected chi connectivity index (χ2v) is 10.2. The summed E-state index contributed by atoms with van der Waals surface area (Å²) in [6.07, 6.45) is 9.06. The number of ether oxygens (including phenoxy) is 1. The predicted octanol–water partition coefficient (Wildman–Crippen LogP) is 5.35. The van der Waals surface area contributed by atoms with Crippen LogP contribution in [0.5, 0.6) is 0 Å². The summed E-state index contributed by atoms with van der Waals surface area (Å²) in [5.74, 6) is 1.42. The lowest BCUT2D eigenvalue weighted by atomic mass is 9.45. The largest absolute Gasteiger partial charge is 0.466 e. The molecule has 2 saturated carbocycles. The summed E-state index contributed by atoms with van der Waals surface area (Å²) in [6, 6.07) is 0. The van der Waals surface area contributed by atoms with E-state index in [4.69, 9.17) is 4.74 Å². The van der Waals surface area contributed by atoms with E-state index < -0.39 is 5.60 Å². The molecule has 1 N–H and O–H groups in total. The Balaban J connectivity index is 2.04. The summed E-state index contributed by atoms with van der Waals surface area (Å²) in [7, 11) is 0. The van der Waals surface area contributed by atoms with Gasteiger partial charge in [0.25, 0.3) is 0 Å². The van der Waals surface area contributed by atoms with Crippen LogP contribution in [0, 0.1) is 28.6 Å². The molecular formula is C22H40O3. The third-order valence-corrected chi connectivity index (χ3v) is 7.63. The second-order valence-electron chi connectivity index (χ2n) is 10.2. The zero-order chi connectivity index (χ0) is 18.9. The Morgan fingerprint density at radius 1 is 1.16 bits per heavy atom. The van der Waals surface area contributed by atoms with Gasteiger partial charge in [-0.05, 0) is 74.0 Å². The molecule has 0 radical (unpaired) electrons. The predicted molar refractivity (Wildman–Crippen MR) is 102 cm³/mol. The van der Waals surface area contributed by atoms with Gasteiger partial charge in [0.2, 0.25) is 0 Å². The van der Waals surface area contributed by atoms with Crippen LogP contribution in [0.4, 0.5) is 0 Å². The topological polar surface area (TPSA) is 46.5 Å². The first-order chi connectivity index (χ1) is 11.5. The van der Waals surface area contributed by atoms with Crippen molar-refractivity contribution in [3.8, 4) is 0 Å². The number of rotatable bonds is 6. The average molecular weight is 353 g/mol. The SMILES string of the molecule is CC(=O)OCC[C@@H](C)CC[C@@H]1[C@]2(C)CCCC(C)(C)[C@@H]2CC[C@@]1(C)O. The van der Waals surface area contributed by atoms with E-state index in [1.165, 1.54) is 26.2 Å². The van der Waals surface area contributed by atoms with Gasteiger partial charge >= 0.3 is 5.97 Å². The van der Waals surface area contributed by atoms with Crippen LogP contribution in [0.3, 0.4) is 0 Å². The zero-order valence-corrected chi connectivity index (χ0v) is 17.4. The number of hydrogen-bond acceptors (Lipinski definition) is 3. The molecule has 2 fully saturated rings. The van der Waals surface area contributed by atoms with Crippen molar-refractivity contribution in [2.75, 3.05) is 6.61 Å². The first-order valence-electron chi connectivity index (χ1n) is 10.3. The summed E-state index contributed by atoms with van der Waals surface area (Å²) in [5.41, 5.74) is 0.0933. The molecule has 0 aliphatic heterocycles. The fourth-order valence-electron chi connectivity index (χ4n) is 6.26. The highest BCUT2D eigenvalue weighted by Crippen LogP contribution is 2.63. The number of fused-ring (bicyclic) bond motifs is 1. The maximum absolute atomic E-state index is 11.2. The van der Waals surface area contributed by atoms with Gasteiger partial charge in [0, 0.05) is 6.92 Å². The van der Waals surface area contributed by atoms with Crippen LogP contribution in [0.15, 0.2) is 0 Å². The van der Waals surface area contributed by atoms with Crippen LogP contribution in [0.2, 0.25) is 0 Å². The van der Waals surface area contributed by atoms with E-state index >= 15 is 0 Å². The number of aliphatic hydroxyl groups is 1. The lowest BCUT2D eigenvalue weighted by Crippen LogP contribution is -2.57. The Hall–Kier alpha value is -0.570. The van der Waals surface area contributed by atoms with Crippen molar-refractivity contribution in [1.82, 2.24) is 0 Å². The van der Waals surface area contributed by atoms with Gasteiger partial charge in [-0.1, -0.05) is 40.5 Å². The van der Waals surface area contributed by atoms with Crippen molar-refractivity contribution < 1.29 is 14.6 Å². The molecule has 0 unspecified atom stereocenters. The maximum atomic E-state index is 11.2. The average Bonchev–Trinajstić information content (AvgIpc) is 2.44. The second kappa shape index (κ2) is 7.58. The van der Waals surface area contributed by atoms with Gasteiger partial charge in [-0.25, -0.2) is 0 Å². The van der Waals surface area contributed by atoms with Gasteiger partial charge in [-0.3, -0.25) is 4.79 Å². The quantitative estimate of drug-likeness (QED) is 0.655. The Bertz CT molecular complexity index is 468. The van der Waals surface area contributed by atoms with E-state index in [1.54, 1.807) is 0 Å². The molecule has 3 heteroatoms. The minimum Gasteiger partial charge on any atom is -0.466 e. The highest BCUT2D eigenvalue weighted by atomic mass is 16.5. The molecule has 0 aromatic carbocycles. The molecular weight excluding hydrogens is 312 g/mol. The van der Waals surface area contributed by atoms with Crippen LogP contribution in [0.25, 0.3) is 0 Å². The maximum Gasteiger partial charge on any atom is 0.302 e. The summed E-state index contributed by atoms with van der Waals surface area (Å²) < 4.78 is 5.09. The summed E-state index contributed by atoms with van der Waals surface area (Å²) in [4.78, 5) is 10.9. The lowest BCUT2D eigenvalue weighted by Gasteiger charge is -2.61. The molecule has 0 amide bonds. The fourth-order valence-corrected chi connectivity index (χ4v) is 6.26. The smallest absolute Gasteiger partial charge is 0.302 e. The third kappa shape index (κ3) is 4.59. The van der Waals surface area contributed by atoms with Crippen LogP contribution in [-0.2, 0) is 9.53 Å². The van der Waals surface area contributed by atoms with Crippen LogP contribution in [0.1, 0.15) is 92.9 Å². The molecule has 2 rings (SSSR count). The lowest BCUT2D eigenvalue weighted by molar-refractivity contribution is -0.170. The first-order valence-corrected chi connectivity index (χ1v) is 10.3. The van der Waals surface area contributed by atoms with Gasteiger partial charge < -0.3 is 9.84 Å². The molecule has 25 heavy (non-hydrogen) atoms. The van der Waals surface area contributed by atoms with Crippen molar-refractivity contribution in [3.63, 3.8) is 0 Å². The van der Waals surface area contributed by atoms with Crippen LogP contribution in [-0.4, -0.2) is 23.3 Å². The van der Waals surface area contributed by atoms with Crippen molar-refractivity contribution in [2.24, 2.45) is 28.6 Å². The molecule has 0 saturated heterocycles. The Kier molecular flexibility index (Phi) is 6.29. The molecule has 0 aromatic rings. The van der Waals surface area contributed by atoms with E-state index in [0.717, 1.165) is 38.0 Å². The first kappa shape index (κ1) is 20.7. The summed E-state index contributed by atoms with van der Waals surface area (Å²) in [5, 5.41) is 11.2. The fraction of sp³-hybridized carbons (Fsp3) is 0.955. The number of esters is 1. The van der Waals surface area contributed by atoms with Gasteiger partial charge in [-0.15, -0.1) is 0 Å². The molecule has 2 aliphatic carbocycles. The molecule has 2 aliphatic rings. The van der Waals surface area contributed by atoms with Gasteiger partial charge in [-0.2, -0.15) is 0 Å². The minimum absolute atomic E-state index is 0.192. The van der Waals surface area contributed by atoms with Crippen LogP contribution >= 0.6 is 0 Å². The molecule has 3 nitrogen and oxygen atoms in total. The normalized spacial score (nSPS) is 38.7. The number of hydrogen-bond donors (Lipinski definition) is 1. The molecule has 0 heterocycles. The van der Waals surface area contributed by atoms with Crippen molar-refractivity contribution in [3.05, 3.63) is 0 Å². The van der Waals surface area contributed by atoms with Crippen molar-refractivity contribution in [2.45, 2.75) is 98.5 Å². The van der Waals surface area contributed by atoms with E-state index in [1.807, 2.05) is 0 Å². The summed E-state index contributed by atoms with van der Waals surface area (Å²) in [6.45, 7) is 13.6. The molecule has 0 spiro atoms. The standard InChI is InChI=1S/C22H40O3/c1-16(11-15-25-17(2)23)8-9-19-21(5)13-7-12-20(3,4)18(21)10-14-22(19,6)24/h16,18-19,24H,7-15H2,1-6H3/t16-,18-,19+,21+,22+/m0/s1. The van der Waals surface area contributed by atoms with Crippen LogP contribution < -0.4 is 0 Å². The summed E-state index contributed by atoms with van der Waals surface area (Å²) >= 11 is 0. The van der Waals surface area contributed by atoms with E-state index in [-0.39, 0.29) is 11.4 Å². The Morgan fingerprint density at radius 2 is 1.84 bits per heavy atom. The highest BCUT2D eigenvalue weighted by molar-refractivity contribution is 5.65. The van der Waals surface area contributed by atoms with Crippen molar-refractivity contribution in [1.29, 1.82) is 0 Å². The minimum atomic E-state index is -0.547. The Labute approximate surface area is 154 Å². The highest BCUT2D eigenvalue weighted by Gasteiger charge is 2.57. The number of carbonyl (C=O) groups excluding carboxylic acids is 1. The molecule has 146 valence electrons. The van der Waals surface area contributed by atoms with Gasteiger partial charge in [0.1, 0.15) is 0 Å². The molecule has 5 atom stereocenters. The Morgan fingerprint density at radius 3 is 2.48 bits per heavy atom. The molecule has 0 aromatic heterocycles. The van der Waals surface area contributed by atoms with E-state index in [9.17, 15) is 9.90 Å². The monoisotopic (exact) mass is 352 g/mol. The van der Waals surface area contributed by atoms with Gasteiger partial charge in [0.05, 0.1) is 12.2 Å². The van der Waals surface area contributed by atoms with Gasteiger partial charge in [0.15, 0.2) is 0 Å². The third-order valence-electron chi connectivity index (χ3n) is 7.63. The van der Waals surface area contributed by atoms with E-state index in [0.29, 0.717) is 23.9 Å². The van der Waals surface area contributed by atoms with Crippen molar-refractivity contribution >= 4 is 5.97 Å². The zero-order valence-electron chi connectivity index (χ0n) is 17.4. The van der Waals surface area contributed by atoms with E-state index in [2.05, 4.69) is 34.6 Å².